The summed E-state index contributed by atoms with van der Waals surface area (Å²) in [6, 6.07) is 16.5. The monoisotopic (exact) mass is 431 g/mol. The maximum Gasteiger partial charge on any atom is 0.328 e. The second-order valence-corrected chi connectivity index (χ2v) is 10.2. The van der Waals surface area contributed by atoms with Gasteiger partial charge < -0.3 is 0 Å². The highest BCUT2D eigenvalue weighted by atomic mass is 32.2. The molecule has 0 saturated carbocycles. The number of aromatic nitrogens is 2. The molecule has 0 fully saturated rings. The molecule has 9 heteroatoms. The maximum absolute atomic E-state index is 12.8. The van der Waals surface area contributed by atoms with Gasteiger partial charge in [0.25, 0.3) is 10.0 Å². The molecule has 0 unspecified atom stereocenters. The van der Waals surface area contributed by atoms with Crippen LogP contribution < -0.4 is 10.4 Å². The first kappa shape index (κ1) is 18.9. The van der Waals surface area contributed by atoms with Crippen LogP contribution in [0.4, 0.5) is 5.69 Å². The van der Waals surface area contributed by atoms with E-state index in [1.54, 1.807) is 42.2 Å². The highest BCUT2D eigenvalue weighted by Gasteiger charge is 2.20. The van der Waals surface area contributed by atoms with Crippen LogP contribution in [0.2, 0.25) is 0 Å². The lowest BCUT2D eigenvalue weighted by Crippen LogP contribution is -2.19. The van der Waals surface area contributed by atoms with Crippen LogP contribution in [0.15, 0.2) is 78.8 Å². The highest BCUT2D eigenvalue weighted by molar-refractivity contribution is 7.99. The Morgan fingerprint density at radius 3 is 2.29 bits per heavy atom. The van der Waals surface area contributed by atoms with Crippen molar-refractivity contribution in [3.8, 4) is 0 Å². The van der Waals surface area contributed by atoms with Gasteiger partial charge in [-0.1, -0.05) is 36.0 Å². The van der Waals surface area contributed by atoms with Crippen molar-refractivity contribution in [2.45, 2.75) is 14.0 Å². The largest absolute Gasteiger partial charge is 0.328 e. The van der Waals surface area contributed by atoms with E-state index in [-0.39, 0.29) is 9.90 Å². The summed E-state index contributed by atoms with van der Waals surface area (Å²) in [5.41, 5.74) is 1.68. The first-order chi connectivity index (χ1) is 13.4. The number of imidazole rings is 1. The van der Waals surface area contributed by atoms with E-state index >= 15 is 0 Å². The van der Waals surface area contributed by atoms with Gasteiger partial charge >= 0.3 is 5.69 Å². The SMILES string of the molecule is Cn1c(=O)n(C)c2cc(Sc3ccccc3)c(NS(=O)(=O)c3cccs3)cc21. The van der Waals surface area contributed by atoms with Crippen LogP contribution >= 0.6 is 23.1 Å². The average molecular weight is 432 g/mol. The van der Waals surface area contributed by atoms with Crippen LogP contribution in [0, 0.1) is 0 Å². The molecule has 2 aromatic heterocycles. The summed E-state index contributed by atoms with van der Waals surface area (Å²) in [5.74, 6) is 0. The number of aryl methyl sites for hydroxylation is 2. The molecule has 2 aromatic carbocycles. The van der Waals surface area contributed by atoms with E-state index in [4.69, 9.17) is 0 Å². The summed E-state index contributed by atoms with van der Waals surface area (Å²) in [7, 11) is -0.330. The topological polar surface area (TPSA) is 73.1 Å². The van der Waals surface area contributed by atoms with Crippen LogP contribution in [0.3, 0.4) is 0 Å². The van der Waals surface area contributed by atoms with Crippen molar-refractivity contribution >= 4 is 49.8 Å². The minimum atomic E-state index is -3.71. The molecule has 0 amide bonds. The Morgan fingerprint density at radius 1 is 0.964 bits per heavy atom. The van der Waals surface area contributed by atoms with Gasteiger partial charge in [0.05, 0.1) is 16.7 Å². The van der Waals surface area contributed by atoms with Crippen molar-refractivity contribution < 1.29 is 8.42 Å². The molecule has 0 radical (unpaired) electrons. The third kappa shape index (κ3) is 3.36. The van der Waals surface area contributed by atoms with Gasteiger partial charge in [-0.05, 0) is 35.7 Å². The minimum Gasteiger partial charge on any atom is -0.295 e. The van der Waals surface area contributed by atoms with Gasteiger partial charge in [0.1, 0.15) is 4.21 Å². The lowest BCUT2D eigenvalue weighted by molar-refractivity contribution is 0.603. The normalized spacial score (nSPS) is 11.8. The van der Waals surface area contributed by atoms with Crippen molar-refractivity contribution in [3.05, 3.63) is 70.5 Å². The molecule has 1 N–H and O–H groups in total. The molecule has 0 aliphatic heterocycles. The first-order valence-electron chi connectivity index (χ1n) is 8.35. The molecule has 144 valence electrons. The number of rotatable bonds is 5. The van der Waals surface area contributed by atoms with Crippen LogP contribution in [-0.4, -0.2) is 17.6 Å². The zero-order valence-electron chi connectivity index (χ0n) is 15.1. The molecule has 0 aliphatic carbocycles. The number of benzene rings is 2. The second kappa shape index (κ2) is 7.16. The number of thiophene rings is 1. The molecule has 0 aliphatic rings. The summed E-state index contributed by atoms with van der Waals surface area (Å²) in [6.45, 7) is 0. The van der Waals surface area contributed by atoms with Crippen LogP contribution in [0.1, 0.15) is 0 Å². The Kier molecular flexibility index (Phi) is 4.82. The fourth-order valence-electron chi connectivity index (χ4n) is 2.92. The third-order valence-corrected chi connectivity index (χ3v) is 8.18. The van der Waals surface area contributed by atoms with Gasteiger partial charge in [0.15, 0.2) is 0 Å². The minimum absolute atomic E-state index is 0.163. The standard InChI is InChI=1S/C19H17N3O3S3/c1-21-15-11-14(20-28(24,25)18-9-6-10-26-18)17(12-16(15)22(2)19(21)23)27-13-7-4-3-5-8-13/h3-12,20H,1-2H3. The summed E-state index contributed by atoms with van der Waals surface area (Å²) < 4.78 is 31.6. The van der Waals surface area contributed by atoms with Crippen LogP contribution in [-0.2, 0) is 24.1 Å². The number of fused-ring (bicyclic) bond motifs is 1. The number of hydrogen-bond donors (Lipinski definition) is 1. The van der Waals surface area contributed by atoms with Gasteiger partial charge in [-0.3, -0.25) is 13.9 Å². The number of anilines is 1. The first-order valence-corrected chi connectivity index (χ1v) is 11.5. The molecule has 0 atom stereocenters. The Labute approximate surface area is 170 Å². The highest BCUT2D eigenvalue weighted by Crippen LogP contribution is 2.37. The fourth-order valence-corrected chi connectivity index (χ4v) is 5.98. The van der Waals surface area contributed by atoms with E-state index in [1.807, 2.05) is 36.4 Å². The van der Waals surface area contributed by atoms with E-state index < -0.39 is 10.0 Å². The summed E-state index contributed by atoms with van der Waals surface area (Å²) in [5, 5.41) is 1.72. The molecule has 0 bridgehead atoms. The quantitative estimate of drug-likeness (QED) is 0.520. The number of nitrogens with one attached hydrogen (secondary N) is 1. The molecular formula is C19H17N3O3S3. The predicted molar refractivity (Wildman–Crippen MR) is 114 cm³/mol. The van der Waals surface area contributed by atoms with Gasteiger partial charge in [-0.25, -0.2) is 13.2 Å². The van der Waals surface area contributed by atoms with E-state index in [9.17, 15) is 13.2 Å². The van der Waals surface area contributed by atoms with Crippen LogP contribution in [0.25, 0.3) is 11.0 Å². The molecule has 0 saturated heterocycles. The van der Waals surface area contributed by atoms with E-state index in [2.05, 4.69) is 4.72 Å². The molecule has 4 rings (SSSR count). The Hall–Kier alpha value is -2.49. The van der Waals surface area contributed by atoms with Gasteiger partial charge in [0, 0.05) is 23.9 Å². The van der Waals surface area contributed by atoms with Crippen molar-refractivity contribution in [1.29, 1.82) is 0 Å². The van der Waals surface area contributed by atoms with E-state index in [0.29, 0.717) is 11.2 Å². The molecule has 6 nitrogen and oxygen atoms in total. The lowest BCUT2D eigenvalue weighted by atomic mass is 10.3. The predicted octanol–water partition coefficient (Wildman–Crippen LogP) is 3.89. The van der Waals surface area contributed by atoms with Crippen molar-refractivity contribution in [2.24, 2.45) is 14.1 Å². The Balaban J connectivity index is 1.88. The smallest absolute Gasteiger partial charge is 0.295 e. The Bertz CT molecular complexity index is 1310. The summed E-state index contributed by atoms with van der Waals surface area (Å²) >= 11 is 2.60. The number of sulfonamides is 1. The summed E-state index contributed by atoms with van der Waals surface area (Å²) in [4.78, 5) is 14.0. The average Bonchev–Trinajstić information content (AvgIpc) is 3.29. The number of nitrogens with zero attached hydrogens (tertiary/aromatic N) is 2. The Morgan fingerprint density at radius 2 is 1.64 bits per heavy atom. The second-order valence-electron chi connectivity index (χ2n) is 6.19. The van der Waals surface area contributed by atoms with Crippen molar-refractivity contribution in [2.75, 3.05) is 4.72 Å². The van der Waals surface area contributed by atoms with Crippen LogP contribution in [0.5, 0.6) is 0 Å². The zero-order valence-corrected chi connectivity index (χ0v) is 17.6. The van der Waals surface area contributed by atoms with Crippen molar-refractivity contribution in [3.63, 3.8) is 0 Å². The van der Waals surface area contributed by atoms with Crippen molar-refractivity contribution in [1.82, 2.24) is 9.13 Å². The molecule has 2 heterocycles. The van der Waals surface area contributed by atoms with Gasteiger partial charge in [-0.15, -0.1) is 11.3 Å². The lowest BCUT2D eigenvalue weighted by Gasteiger charge is -2.13. The molecule has 0 spiro atoms. The molecule has 28 heavy (non-hydrogen) atoms. The summed E-state index contributed by atoms with van der Waals surface area (Å²) in [6.07, 6.45) is 0. The fraction of sp³-hybridized carbons (Fsp3) is 0.105. The third-order valence-electron chi connectivity index (χ3n) is 4.35. The van der Waals surface area contributed by atoms with E-state index in [0.717, 1.165) is 26.6 Å². The molecule has 4 aromatic rings. The maximum atomic E-state index is 12.8. The zero-order chi connectivity index (χ0) is 19.9. The van der Waals surface area contributed by atoms with Gasteiger partial charge in [-0.2, -0.15) is 0 Å². The van der Waals surface area contributed by atoms with Gasteiger partial charge in [0.2, 0.25) is 0 Å². The number of hydrogen-bond acceptors (Lipinski definition) is 5. The molecular weight excluding hydrogens is 414 g/mol. The van der Waals surface area contributed by atoms with E-state index in [1.165, 1.54) is 16.3 Å².